The van der Waals surface area contributed by atoms with E-state index in [-0.39, 0.29) is 23.8 Å². The maximum absolute atomic E-state index is 13.2. The molecule has 1 fully saturated rings. The van der Waals surface area contributed by atoms with Crippen molar-refractivity contribution >= 4 is 5.91 Å². The first-order valence-corrected chi connectivity index (χ1v) is 9.46. The van der Waals surface area contributed by atoms with Crippen LogP contribution in [0.25, 0.3) is 11.3 Å². The molecule has 2 atom stereocenters. The molecule has 0 spiro atoms. The Labute approximate surface area is 163 Å². The molecular weight excluding hydrogens is 355 g/mol. The molecule has 2 heterocycles. The average molecular weight is 378 g/mol. The van der Waals surface area contributed by atoms with Gasteiger partial charge in [0.15, 0.2) is 0 Å². The fourth-order valence-corrected chi connectivity index (χ4v) is 3.78. The number of aromatic amines is 1. The Bertz CT molecular complexity index is 939. The Morgan fingerprint density at radius 2 is 1.89 bits per heavy atom. The highest BCUT2D eigenvalue weighted by atomic mass is 19.1. The number of likely N-dealkylation sites (N-methyl/N-ethyl adjacent to an activating group) is 1. The van der Waals surface area contributed by atoms with Crippen LogP contribution in [-0.4, -0.2) is 34.1 Å². The van der Waals surface area contributed by atoms with E-state index in [1.165, 1.54) is 17.7 Å². The molecule has 1 amide bonds. The Morgan fingerprint density at radius 1 is 1.14 bits per heavy atom. The molecule has 0 aliphatic carbocycles. The SMILES string of the molecule is CN(Cc1cn[nH]c1-c1ccc(F)cc1)C(=O)[C@H]1CC[C@H](c2ccccc2)N1. The third-order valence-corrected chi connectivity index (χ3v) is 5.28. The van der Waals surface area contributed by atoms with Crippen LogP contribution in [0.15, 0.2) is 60.8 Å². The molecule has 1 aromatic heterocycles. The van der Waals surface area contributed by atoms with E-state index >= 15 is 0 Å². The zero-order chi connectivity index (χ0) is 19.5. The van der Waals surface area contributed by atoms with Crippen LogP contribution in [0.5, 0.6) is 0 Å². The molecule has 0 saturated carbocycles. The zero-order valence-electron chi connectivity index (χ0n) is 15.7. The summed E-state index contributed by atoms with van der Waals surface area (Å²) in [4.78, 5) is 14.6. The minimum atomic E-state index is -0.280. The highest BCUT2D eigenvalue weighted by Gasteiger charge is 2.31. The molecule has 0 bridgehead atoms. The second kappa shape index (κ2) is 7.94. The number of amides is 1. The Kier molecular flexibility index (Phi) is 5.21. The number of nitrogens with zero attached hydrogens (tertiary/aromatic N) is 2. The molecule has 1 aliphatic rings. The first-order chi connectivity index (χ1) is 13.6. The molecule has 1 aliphatic heterocycles. The van der Waals surface area contributed by atoms with Crippen molar-refractivity contribution in [3.8, 4) is 11.3 Å². The molecule has 28 heavy (non-hydrogen) atoms. The molecule has 6 heteroatoms. The number of carbonyl (C=O) groups is 1. The third kappa shape index (κ3) is 3.82. The highest BCUT2D eigenvalue weighted by Crippen LogP contribution is 2.28. The molecular formula is C22H23FN4O. The fourth-order valence-electron chi connectivity index (χ4n) is 3.78. The summed E-state index contributed by atoms with van der Waals surface area (Å²) in [6.07, 6.45) is 3.48. The van der Waals surface area contributed by atoms with Crippen molar-refractivity contribution in [2.75, 3.05) is 7.05 Å². The smallest absolute Gasteiger partial charge is 0.239 e. The predicted octanol–water partition coefficient (Wildman–Crippen LogP) is 3.67. The van der Waals surface area contributed by atoms with E-state index in [1.54, 1.807) is 30.3 Å². The largest absolute Gasteiger partial charge is 0.340 e. The summed E-state index contributed by atoms with van der Waals surface area (Å²) in [5.41, 5.74) is 3.77. The molecule has 3 aromatic rings. The van der Waals surface area contributed by atoms with Gasteiger partial charge in [-0.05, 0) is 42.7 Å². The van der Waals surface area contributed by atoms with Crippen LogP contribution >= 0.6 is 0 Å². The van der Waals surface area contributed by atoms with Crippen LogP contribution in [0.3, 0.4) is 0 Å². The van der Waals surface area contributed by atoms with Crippen molar-refractivity contribution in [1.29, 1.82) is 0 Å². The molecule has 2 aromatic carbocycles. The van der Waals surface area contributed by atoms with Gasteiger partial charge < -0.3 is 4.90 Å². The van der Waals surface area contributed by atoms with Gasteiger partial charge in [0.1, 0.15) is 5.82 Å². The number of nitrogens with one attached hydrogen (secondary N) is 2. The van der Waals surface area contributed by atoms with E-state index in [9.17, 15) is 9.18 Å². The quantitative estimate of drug-likeness (QED) is 0.712. The highest BCUT2D eigenvalue weighted by molar-refractivity contribution is 5.82. The molecule has 144 valence electrons. The van der Waals surface area contributed by atoms with Crippen LogP contribution in [-0.2, 0) is 11.3 Å². The monoisotopic (exact) mass is 378 g/mol. The van der Waals surface area contributed by atoms with Crippen molar-refractivity contribution in [1.82, 2.24) is 20.4 Å². The summed E-state index contributed by atoms with van der Waals surface area (Å²) >= 11 is 0. The molecule has 5 nitrogen and oxygen atoms in total. The number of benzene rings is 2. The summed E-state index contributed by atoms with van der Waals surface area (Å²) in [6.45, 7) is 0.441. The van der Waals surface area contributed by atoms with E-state index in [1.807, 2.05) is 18.2 Å². The summed E-state index contributed by atoms with van der Waals surface area (Å²) in [5, 5.41) is 10.5. The number of H-pyrrole nitrogens is 1. The number of hydrogen-bond acceptors (Lipinski definition) is 3. The van der Waals surface area contributed by atoms with Crippen LogP contribution < -0.4 is 5.32 Å². The number of halogens is 1. The Hall–Kier alpha value is -2.99. The third-order valence-electron chi connectivity index (χ3n) is 5.28. The van der Waals surface area contributed by atoms with E-state index < -0.39 is 0 Å². The number of carbonyl (C=O) groups excluding carboxylic acids is 1. The summed E-state index contributed by atoms with van der Waals surface area (Å²) in [7, 11) is 1.81. The van der Waals surface area contributed by atoms with Gasteiger partial charge in [-0.2, -0.15) is 5.10 Å². The van der Waals surface area contributed by atoms with E-state index in [0.717, 1.165) is 29.7 Å². The van der Waals surface area contributed by atoms with Gasteiger partial charge in [0.05, 0.1) is 17.9 Å². The minimum absolute atomic E-state index is 0.0738. The number of aromatic nitrogens is 2. The Morgan fingerprint density at radius 3 is 2.64 bits per heavy atom. The lowest BCUT2D eigenvalue weighted by atomic mass is 10.1. The summed E-state index contributed by atoms with van der Waals surface area (Å²) < 4.78 is 13.2. The topological polar surface area (TPSA) is 61.0 Å². The van der Waals surface area contributed by atoms with Crippen molar-refractivity contribution in [2.24, 2.45) is 0 Å². The van der Waals surface area contributed by atoms with Crippen molar-refractivity contribution in [2.45, 2.75) is 31.5 Å². The lowest BCUT2D eigenvalue weighted by Crippen LogP contribution is -2.41. The van der Waals surface area contributed by atoms with E-state index in [4.69, 9.17) is 0 Å². The van der Waals surface area contributed by atoms with Crippen molar-refractivity contribution in [3.05, 3.63) is 77.7 Å². The van der Waals surface area contributed by atoms with Gasteiger partial charge in [-0.15, -0.1) is 0 Å². The van der Waals surface area contributed by atoms with E-state index in [2.05, 4.69) is 27.6 Å². The maximum atomic E-state index is 13.2. The minimum Gasteiger partial charge on any atom is -0.340 e. The maximum Gasteiger partial charge on any atom is 0.239 e. The van der Waals surface area contributed by atoms with Crippen molar-refractivity contribution < 1.29 is 9.18 Å². The van der Waals surface area contributed by atoms with Crippen molar-refractivity contribution in [3.63, 3.8) is 0 Å². The van der Waals surface area contributed by atoms with Gasteiger partial charge in [0.25, 0.3) is 0 Å². The van der Waals surface area contributed by atoms with Crippen LogP contribution in [0.1, 0.15) is 30.0 Å². The van der Waals surface area contributed by atoms with Gasteiger partial charge in [-0.3, -0.25) is 15.2 Å². The average Bonchev–Trinajstić information content (AvgIpc) is 3.38. The molecule has 0 radical (unpaired) electrons. The van der Waals surface area contributed by atoms with Crippen LogP contribution in [0.2, 0.25) is 0 Å². The predicted molar refractivity (Wildman–Crippen MR) is 106 cm³/mol. The Balaban J connectivity index is 1.42. The van der Waals surface area contributed by atoms with E-state index in [0.29, 0.717) is 6.54 Å². The van der Waals surface area contributed by atoms with Gasteiger partial charge in [-0.25, -0.2) is 4.39 Å². The van der Waals surface area contributed by atoms with Gasteiger partial charge in [-0.1, -0.05) is 30.3 Å². The first-order valence-electron chi connectivity index (χ1n) is 9.46. The normalized spacial score (nSPS) is 18.9. The molecule has 4 rings (SSSR count). The standard InChI is InChI=1S/C22H23FN4O/c1-27(14-17-13-24-26-21(17)16-7-9-18(23)10-8-16)22(28)20-12-11-19(25-20)15-5-3-2-4-6-15/h2-10,13,19-20,25H,11-12,14H2,1H3,(H,24,26)/t19-,20-/m1/s1. The second-order valence-electron chi connectivity index (χ2n) is 7.23. The fraction of sp³-hybridized carbons (Fsp3) is 0.273. The number of hydrogen-bond donors (Lipinski definition) is 2. The molecule has 2 N–H and O–H groups in total. The molecule has 0 unspecified atom stereocenters. The second-order valence-corrected chi connectivity index (χ2v) is 7.23. The lowest BCUT2D eigenvalue weighted by molar-refractivity contribution is -0.132. The lowest BCUT2D eigenvalue weighted by Gasteiger charge is -2.22. The first kappa shape index (κ1) is 18.4. The van der Waals surface area contributed by atoms with Gasteiger partial charge in [0.2, 0.25) is 5.91 Å². The van der Waals surface area contributed by atoms with Crippen LogP contribution in [0.4, 0.5) is 4.39 Å². The zero-order valence-corrected chi connectivity index (χ0v) is 15.7. The summed E-state index contributed by atoms with van der Waals surface area (Å²) in [5.74, 6) is -0.206. The van der Waals surface area contributed by atoms with Crippen LogP contribution in [0, 0.1) is 5.82 Å². The van der Waals surface area contributed by atoms with Gasteiger partial charge in [0, 0.05) is 30.8 Å². The van der Waals surface area contributed by atoms with Gasteiger partial charge >= 0.3 is 0 Å². The number of rotatable bonds is 5. The summed E-state index contributed by atoms with van der Waals surface area (Å²) in [6, 6.07) is 16.5. The molecule has 1 saturated heterocycles.